The molecule has 0 bridgehead atoms. The van der Waals surface area contributed by atoms with Crippen molar-refractivity contribution in [3.63, 3.8) is 0 Å². The molecule has 9 nitrogen and oxygen atoms in total. The molecule has 6 rings (SSSR count). The van der Waals surface area contributed by atoms with Crippen molar-refractivity contribution in [2.24, 2.45) is 0 Å². The summed E-state index contributed by atoms with van der Waals surface area (Å²) in [6, 6.07) is 16.5. The summed E-state index contributed by atoms with van der Waals surface area (Å²) in [4.78, 5) is 47.4. The van der Waals surface area contributed by atoms with Crippen LogP contribution in [-0.4, -0.2) is 46.9 Å². The molecule has 192 valence electrons. The van der Waals surface area contributed by atoms with Gasteiger partial charge < -0.3 is 20.3 Å². The van der Waals surface area contributed by atoms with Gasteiger partial charge in [-0.25, -0.2) is 9.78 Å². The van der Waals surface area contributed by atoms with E-state index < -0.39 is 0 Å². The largest absolute Gasteiger partial charge is 0.457 e. The zero-order valence-corrected chi connectivity index (χ0v) is 21.7. The number of carbonyl (C=O) groups excluding carboxylic acids is 3. The van der Waals surface area contributed by atoms with E-state index in [1.54, 1.807) is 22.1 Å². The van der Waals surface area contributed by atoms with Crippen LogP contribution in [0.4, 0.5) is 21.9 Å². The van der Waals surface area contributed by atoms with Gasteiger partial charge in [-0.05, 0) is 55.3 Å². The summed E-state index contributed by atoms with van der Waals surface area (Å²) >= 11 is 1.27. The number of aromatic nitrogens is 1. The van der Waals surface area contributed by atoms with Gasteiger partial charge in [0, 0.05) is 32.3 Å². The smallest absolute Gasteiger partial charge is 0.331 e. The van der Waals surface area contributed by atoms with Crippen LogP contribution in [0.2, 0.25) is 0 Å². The van der Waals surface area contributed by atoms with E-state index in [0.29, 0.717) is 52.0 Å². The third-order valence-corrected chi connectivity index (χ3v) is 7.80. The number of nitrogens with one attached hydrogen (secondary N) is 2. The summed E-state index contributed by atoms with van der Waals surface area (Å²) in [6.45, 7) is 4.37. The average Bonchev–Trinajstić information content (AvgIpc) is 3.50. The molecule has 1 saturated heterocycles. The SMILES string of the molecule is CC(=O)N[C@H]1CCN(C(=O)c2sc3nccc4c3c2NC(=O)N4c2ccc(Oc3ccccc3)cc2C)C1. The van der Waals surface area contributed by atoms with Gasteiger partial charge in [0.1, 0.15) is 21.2 Å². The molecule has 0 spiro atoms. The molecule has 1 atom stereocenters. The molecule has 2 aliphatic heterocycles. The third kappa shape index (κ3) is 4.22. The van der Waals surface area contributed by atoms with Gasteiger partial charge in [0.05, 0.1) is 22.4 Å². The lowest BCUT2D eigenvalue weighted by Gasteiger charge is -2.30. The highest BCUT2D eigenvalue weighted by Gasteiger charge is 2.36. The van der Waals surface area contributed by atoms with E-state index >= 15 is 0 Å². The van der Waals surface area contributed by atoms with Crippen LogP contribution >= 0.6 is 11.3 Å². The number of hydrogen-bond donors (Lipinski definition) is 2. The van der Waals surface area contributed by atoms with Crippen LogP contribution in [0.25, 0.3) is 10.2 Å². The van der Waals surface area contributed by atoms with E-state index in [2.05, 4.69) is 15.6 Å². The van der Waals surface area contributed by atoms with Crippen LogP contribution in [0.3, 0.4) is 0 Å². The van der Waals surface area contributed by atoms with Crippen molar-refractivity contribution in [1.82, 2.24) is 15.2 Å². The van der Waals surface area contributed by atoms with Gasteiger partial charge in [0.25, 0.3) is 5.91 Å². The lowest BCUT2D eigenvalue weighted by molar-refractivity contribution is -0.119. The molecule has 2 N–H and O–H groups in total. The van der Waals surface area contributed by atoms with Gasteiger partial charge in [0.15, 0.2) is 0 Å². The van der Waals surface area contributed by atoms with Crippen molar-refractivity contribution in [1.29, 1.82) is 0 Å². The Morgan fingerprint density at radius 3 is 2.68 bits per heavy atom. The predicted molar refractivity (Wildman–Crippen MR) is 147 cm³/mol. The van der Waals surface area contributed by atoms with Crippen LogP contribution in [0, 0.1) is 6.92 Å². The molecule has 2 aromatic carbocycles. The molecule has 38 heavy (non-hydrogen) atoms. The Morgan fingerprint density at radius 2 is 1.92 bits per heavy atom. The highest BCUT2D eigenvalue weighted by molar-refractivity contribution is 7.21. The van der Waals surface area contributed by atoms with E-state index in [4.69, 9.17) is 4.74 Å². The maximum absolute atomic E-state index is 13.5. The van der Waals surface area contributed by atoms with Crippen molar-refractivity contribution in [2.45, 2.75) is 26.3 Å². The second kappa shape index (κ2) is 9.46. The van der Waals surface area contributed by atoms with Crippen LogP contribution in [0.1, 0.15) is 28.6 Å². The number of carbonyl (C=O) groups is 3. The van der Waals surface area contributed by atoms with E-state index in [0.717, 1.165) is 16.7 Å². The number of likely N-dealkylation sites (tertiary alicyclic amines) is 1. The normalized spacial score (nSPS) is 16.5. The second-order valence-electron chi connectivity index (χ2n) is 9.38. The first kappa shape index (κ1) is 23.9. The fourth-order valence-electron chi connectivity index (χ4n) is 5.03. The topological polar surface area (TPSA) is 104 Å². The number of hydrogen-bond acceptors (Lipinski definition) is 6. The Hall–Kier alpha value is -4.44. The molecule has 1 fully saturated rings. The van der Waals surface area contributed by atoms with Gasteiger partial charge in [-0.1, -0.05) is 18.2 Å². The van der Waals surface area contributed by atoms with Crippen LogP contribution in [0.15, 0.2) is 60.8 Å². The van der Waals surface area contributed by atoms with Crippen molar-refractivity contribution in [2.75, 3.05) is 23.3 Å². The number of anilines is 3. The standard InChI is InChI=1S/C28H25N5O4S/c1-16-14-20(37-19-6-4-3-5-7-19)8-9-21(16)33-22-10-12-29-26-23(22)24(31-28(33)36)25(38-26)27(35)32-13-11-18(15-32)30-17(2)34/h3-10,12,14,18H,11,13,15H2,1-2H3,(H,30,34)(H,31,36)/t18-/m0/s1. The zero-order valence-electron chi connectivity index (χ0n) is 20.9. The van der Waals surface area contributed by atoms with Crippen molar-refractivity contribution in [3.8, 4) is 11.5 Å². The summed E-state index contributed by atoms with van der Waals surface area (Å²) in [5.74, 6) is 1.11. The number of pyridine rings is 1. The fourth-order valence-corrected chi connectivity index (χ4v) is 6.12. The first-order valence-corrected chi connectivity index (χ1v) is 13.1. The molecule has 10 heteroatoms. The number of urea groups is 1. The highest BCUT2D eigenvalue weighted by Crippen LogP contribution is 2.47. The quantitative estimate of drug-likeness (QED) is 0.360. The Balaban J connectivity index is 1.33. The Bertz CT molecular complexity index is 1590. The number of benzene rings is 2. The number of amides is 4. The monoisotopic (exact) mass is 527 g/mol. The van der Waals surface area contributed by atoms with E-state index in [1.165, 1.54) is 18.3 Å². The number of ether oxygens (including phenoxy) is 1. The highest BCUT2D eigenvalue weighted by atomic mass is 32.1. The molecule has 4 aromatic rings. The van der Waals surface area contributed by atoms with E-state index in [-0.39, 0.29) is 23.9 Å². The second-order valence-corrected chi connectivity index (χ2v) is 10.4. The number of aryl methyl sites for hydroxylation is 1. The molecular formula is C28H25N5O4S. The average molecular weight is 528 g/mol. The Labute approximate surface area is 223 Å². The molecule has 2 aromatic heterocycles. The number of nitrogens with zero attached hydrogens (tertiary/aromatic N) is 3. The Morgan fingerprint density at radius 1 is 1.11 bits per heavy atom. The summed E-state index contributed by atoms with van der Waals surface area (Å²) in [7, 11) is 0. The minimum Gasteiger partial charge on any atom is -0.457 e. The number of para-hydroxylation sites is 1. The summed E-state index contributed by atoms with van der Waals surface area (Å²) in [5, 5.41) is 6.58. The lowest BCUT2D eigenvalue weighted by Crippen LogP contribution is -2.38. The molecule has 4 heterocycles. The Kier molecular flexibility index (Phi) is 5.96. The maximum Gasteiger partial charge on any atom is 0.331 e. The van der Waals surface area contributed by atoms with Gasteiger partial charge in [0.2, 0.25) is 5.91 Å². The minimum absolute atomic E-state index is 0.0715. The van der Waals surface area contributed by atoms with Crippen molar-refractivity contribution >= 4 is 56.5 Å². The maximum atomic E-state index is 13.5. The van der Waals surface area contributed by atoms with E-state index in [9.17, 15) is 14.4 Å². The molecule has 0 saturated carbocycles. The van der Waals surface area contributed by atoms with E-state index in [1.807, 2.05) is 55.5 Å². The third-order valence-electron chi connectivity index (χ3n) is 6.71. The molecule has 4 amide bonds. The number of rotatable bonds is 5. The first-order chi connectivity index (χ1) is 18.4. The van der Waals surface area contributed by atoms with Gasteiger partial charge in [-0.2, -0.15) is 0 Å². The number of thiophene rings is 1. The summed E-state index contributed by atoms with van der Waals surface area (Å²) < 4.78 is 5.96. The van der Waals surface area contributed by atoms with Gasteiger partial charge in [-0.3, -0.25) is 14.5 Å². The van der Waals surface area contributed by atoms with Crippen molar-refractivity contribution < 1.29 is 19.1 Å². The van der Waals surface area contributed by atoms with Crippen LogP contribution in [-0.2, 0) is 4.79 Å². The molecule has 0 radical (unpaired) electrons. The summed E-state index contributed by atoms with van der Waals surface area (Å²) in [5.41, 5.74) is 2.72. The molecule has 2 aliphatic rings. The molecule has 0 aliphatic carbocycles. The van der Waals surface area contributed by atoms with Crippen LogP contribution in [0.5, 0.6) is 11.5 Å². The fraction of sp³-hybridized carbons (Fsp3) is 0.214. The van der Waals surface area contributed by atoms with Gasteiger partial charge in [-0.15, -0.1) is 11.3 Å². The molecule has 0 unspecified atom stereocenters. The zero-order chi connectivity index (χ0) is 26.4. The van der Waals surface area contributed by atoms with Gasteiger partial charge >= 0.3 is 6.03 Å². The minimum atomic E-state index is -0.352. The van der Waals surface area contributed by atoms with Crippen molar-refractivity contribution in [3.05, 3.63) is 71.2 Å². The first-order valence-electron chi connectivity index (χ1n) is 12.3. The predicted octanol–water partition coefficient (Wildman–Crippen LogP) is 5.43. The molecular weight excluding hydrogens is 502 g/mol. The summed E-state index contributed by atoms with van der Waals surface area (Å²) in [6.07, 6.45) is 2.35. The lowest BCUT2D eigenvalue weighted by atomic mass is 10.1. The van der Waals surface area contributed by atoms with Crippen LogP contribution < -0.4 is 20.3 Å².